The number of aromatic nitrogens is 4. The van der Waals surface area contributed by atoms with Gasteiger partial charge in [-0.1, -0.05) is 28.1 Å². The van der Waals surface area contributed by atoms with E-state index in [1.165, 1.54) is 0 Å². The van der Waals surface area contributed by atoms with Crippen LogP contribution in [0.3, 0.4) is 0 Å². The summed E-state index contributed by atoms with van der Waals surface area (Å²) >= 11 is 6.77. The lowest BCUT2D eigenvalue weighted by Gasteiger charge is -2.07. The number of rotatable bonds is 7. The minimum atomic E-state index is -0.281. The van der Waals surface area contributed by atoms with Crippen LogP contribution >= 0.6 is 31.9 Å². The molecule has 0 atom stereocenters. The van der Waals surface area contributed by atoms with Crippen LogP contribution in [0.25, 0.3) is 0 Å². The first-order valence-electron chi connectivity index (χ1n) is 9.05. The molecule has 0 bridgehead atoms. The lowest BCUT2D eigenvalue weighted by Crippen LogP contribution is -2.14. The molecule has 1 N–H and O–H groups in total. The summed E-state index contributed by atoms with van der Waals surface area (Å²) in [5.41, 5.74) is 2.04. The van der Waals surface area contributed by atoms with Gasteiger partial charge in [0.2, 0.25) is 0 Å². The Morgan fingerprint density at radius 3 is 2.63 bits per heavy atom. The van der Waals surface area contributed by atoms with Gasteiger partial charge in [-0.25, -0.2) is 4.68 Å². The summed E-state index contributed by atoms with van der Waals surface area (Å²) in [4.78, 5) is 12.6. The lowest BCUT2D eigenvalue weighted by molar-refractivity contribution is 0.102. The second-order valence-electron chi connectivity index (χ2n) is 6.48. The van der Waals surface area contributed by atoms with Crippen LogP contribution in [-0.2, 0) is 13.3 Å². The van der Waals surface area contributed by atoms with Gasteiger partial charge in [0.1, 0.15) is 5.75 Å². The highest BCUT2D eigenvalue weighted by Gasteiger charge is 2.11. The van der Waals surface area contributed by atoms with E-state index in [9.17, 15) is 4.79 Å². The van der Waals surface area contributed by atoms with Crippen molar-refractivity contribution in [1.82, 2.24) is 19.6 Å². The maximum atomic E-state index is 12.6. The lowest BCUT2D eigenvalue weighted by atomic mass is 10.2. The molecule has 152 valence electrons. The minimum Gasteiger partial charge on any atom is -0.471 e. The third kappa shape index (κ3) is 5.37. The second kappa shape index (κ2) is 9.27. The molecule has 4 aromatic rings. The molecule has 2 aromatic carbocycles. The van der Waals surface area contributed by atoms with Gasteiger partial charge < -0.3 is 10.1 Å². The topological polar surface area (TPSA) is 74.0 Å². The first-order valence-corrected chi connectivity index (χ1v) is 10.6. The fraction of sp³-hybridized carbons (Fsp3) is 0.0952. The molecular formula is C21H17Br2N5O2. The maximum Gasteiger partial charge on any atom is 0.276 e. The minimum absolute atomic E-state index is 0.212. The van der Waals surface area contributed by atoms with Crippen LogP contribution in [0.1, 0.15) is 16.1 Å². The van der Waals surface area contributed by atoms with E-state index >= 15 is 0 Å². The van der Waals surface area contributed by atoms with Gasteiger partial charge in [-0.3, -0.25) is 9.48 Å². The first kappa shape index (κ1) is 20.4. The van der Waals surface area contributed by atoms with Crippen molar-refractivity contribution < 1.29 is 9.53 Å². The molecule has 0 aliphatic rings. The SMILES string of the molecule is O=C(Nc1cccc(Cn2cc(Br)cn2)c1)c1ccn(COc2ccc(Br)cc2)n1. The van der Waals surface area contributed by atoms with Gasteiger partial charge in [0.05, 0.1) is 17.2 Å². The summed E-state index contributed by atoms with van der Waals surface area (Å²) in [6.07, 6.45) is 5.34. The van der Waals surface area contributed by atoms with Crippen LogP contribution in [0.4, 0.5) is 5.69 Å². The second-order valence-corrected chi connectivity index (χ2v) is 8.31. The number of carbonyl (C=O) groups is 1. The fourth-order valence-electron chi connectivity index (χ4n) is 2.78. The van der Waals surface area contributed by atoms with E-state index in [0.717, 1.165) is 20.3 Å². The van der Waals surface area contributed by atoms with Crippen molar-refractivity contribution in [3.05, 3.63) is 93.4 Å². The van der Waals surface area contributed by atoms with Gasteiger partial charge in [-0.2, -0.15) is 10.2 Å². The Bertz CT molecular complexity index is 1150. The zero-order valence-corrected chi connectivity index (χ0v) is 18.9. The van der Waals surface area contributed by atoms with Crippen LogP contribution in [0.2, 0.25) is 0 Å². The molecule has 30 heavy (non-hydrogen) atoms. The van der Waals surface area contributed by atoms with E-state index in [-0.39, 0.29) is 12.6 Å². The van der Waals surface area contributed by atoms with Crippen molar-refractivity contribution >= 4 is 43.5 Å². The number of halogens is 2. The highest BCUT2D eigenvalue weighted by Crippen LogP contribution is 2.17. The molecule has 4 rings (SSSR count). The van der Waals surface area contributed by atoms with E-state index in [1.807, 2.05) is 59.4 Å². The summed E-state index contributed by atoms with van der Waals surface area (Å²) in [6, 6.07) is 16.8. The van der Waals surface area contributed by atoms with Crippen LogP contribution in [0, 0.1) is 0 Å². The summed E-state index contributed by atoms with van der Waals surface area (Å²) in [5, 5.41) is 11.4. The number of nitrogens with one attached hydrogen (secondary N) is 1. The molecule has 0 spiro atoms. The van der Waals surface area contributed by atoms with Gasteiger partial charge >= 0.3 is 0 Å². The predicted octanol–water partition coefficient (Wildman–Crippen LogP) is 4.94. The summed E-state index contributed by atoms with van der Waals surface area (Å²) in [7, 11) is 0. The van der Waals surface area contributed by atoms with Crippen molar-refractivity contribution in [3.8, 4) is 5.75 Å². The third-order valence-corrected chi connectivity index (χ3v) is 5.12. The molecule has 0 saturated carbocycles. The Kier molecular flexibility index (Phi) is 6.29. The van der Waals surface area contributed by atoms with Crippen LogP contribution in [0.15, 0.2) is 82.1 Å². The van der Waals surface area contributed by atoms with E-state index in [0.29, 0.717) is 17.9 Å². The van der Waals surface area contributed by atoms with E-state index in [4.69, 9.17) is 4.74 Å². The number of hydrogen-bond donors (Lipinski definition) is 1. The van der Waals surface area contributed by atoms with E-state index < -0.39 is 0 Å². The fourth-order valence-corrected chi connectivity index (χ4v) is 3.37. The summed E-state index contributed by atoms with van der Waals surface area (Å²) < 4.78 is 11.0. The van der Waals surface area contributed by atoms with Crippen molar-refractivity contribution in [2.45, 2.75) is 13.3 Å². The predicted molar refractivity (Wildman–Crippen MR) is 120 cm³/mol. The molecule has 0 unspecified atom stereocenters. The molecule has 1 amide bonds. The zero-order chi connectivity index (χ0) is 20.9. The number of carbonyl (C=O) groups excluding carboxylic acids is 1. The first-order chi connectivity index (χ1) is 14.5. The number of benzene rings is 2. The Morgan fingerprint density at radius 2 is 1.87 bits per heavy atom. The smallest absolute Gasteiger partial charge is 0.276 e. The number of anilines is 1. The molecule has 7 nitrogen and oxygen atoms in total. The quantitative estimate of drug-likeness (QED) is 0.367. The highest BCUT2D eigenvalue weighted by molar-refractivity contribution is 9.10. The van der Waals surface area contributed by atoms with Gasteiger partial charge in [0.15, 0.2) is 12.4 Å². The molecule has 2 aromatic heterocycles. The molecule has 0 saturated heterocycles. The van der Waals surface area contributed by atoms with Crippen LogP contribution < -0.4 is 10.1 Å². The van der Waals surface area contributed by atoms with Crippen molar-refractivity contribution in [1.29, 1.82) is 0 Å². The Balaban J connectivity index is 1.36. The van der Waals surface area contributed by atoms with Gasteiger partial charge in [-0.05, 0) is 64.0 Å². The molecular weight excluding hydrogens is 514 g/mol. The molecule has 0 fully saturated rings. The number of ether oxygens (including phenoxy) is 1. The molecule has 2 heterocycles. The molecule has 0 radical (unpaired) electrons. The van der Waals surface area contributed by atoms with Crippen LogP contribution in [-0.4, -0.2) is 25.5 Å². The van der Waals surface area contributed by atoms with Gasteiger partial charge in [0, 0.05) is 22.6 Å². The van der Waals surface area contributed by atoms with Gasteiger partial charge in [-0.15, -0.1) is 0 Å². The monoisotopic (exact) mass is 529 g/mol. The Labute approximate surface area is 189 Å². The van der Waals surface area contributed by atoms with E-state index in [1.54, 1.807) is 23.1 Å². The maximum absolute atomic E-state index is 12.6. The standard InChI is InChI=1S/C21H17Br2N5O2/c22-16-4-6-19(7-5-16)30-14-27-9-8-20(26-27)21(29)25-18-3-1-2-15(10-18)12-28-13-17(23)11-24-28/h1-11,13H,12,14H2,(H,25,29). The van der Waals surface area contributed by atoms with Crippen molar-refractivity contribution in [2.24, 2.45) is 0 Å². The highest BCUT2D eigenvalue weighted by atomic mass is 79.9. The van der Waals surface area contributed by atoms with Crippen molar-refractivity contribution in [3.63, 3.8) is 0 Å². The van der Waals surface area contributed by atoms with Crippen molar-refractivity contribution in [2.75, 3.05) is 5.32 Å². The number of amides is 1. The summed E-state index contributed by atoms with van der Waals surface area (Å²) in [5.74, 6) is 0.442. The third-order valence-electron chi connectivity index (χ3n) is 4.18. The van der Waals surface area contributed by atoms with E-state index in [2.05, 4.69) is 47.4 Å². The van der Waals surface area contributed by atoms with Crippen LogP contribution in [0.5, 0.6) is 5.75 Å². The average Bonchev–Trinajstić information content (AvgIpc) is 3.37. The molecule has 0 aliphatic carbocycles. The number of nitrogens with zero attached hydrogens (tertiary/aromatic N) is 4. The normalized spacial score (nSPS) is 10.7. The van der Waals surface area contributed by atoms with Gasteiger partial charge in [0.25, 0.3) is 5.91 Å². The molecule has 0 aliphatic heterocycles. The Hall–Kier alpha value is -2.91. The Morgan fingerprint density at radius 1 is 1.03 bits per heavy atom. The summed E-state index contributed by atoms with van der Waals surface area (Å²) in [6.45, 7) is 0.821. The zero-order valence-electron chi connectivity index (χ0n) is 15.7. The largest absolute Gasteiger partial charge is 0.471 e. The number of hydrogen-bond acceptors (Lipinski definition) is 4. The average molecular weight is 531 g/mol. The molecule has 9 heteroatoms.